The molecular weight excluding hydrogens is 196 g/mol. The molecule has 8 heteroatoms. The first-order valence-corrected chi connectivity index (χ1v) is 5.80. The SMILES string of the molecule is O=[C]OCCS(=O)(=O)[SH](=O)=O. The zero-order chi connectivity index (χ0) is 8.91. The molecule has 0 aromatic rings. The first kappa shape index (κ1) is 10.4. The summed E-state index contributed by atoms with van der Waals surface area (Å²) in [6, 6.07) is 0. The van der Waals surface area contributed by atoms with Gasteiger partial charge in [-0.05, 0) is 0 Å². The van der Waals surface area contributed by atoms with E-state index in [1.165, 1.54) is 0 Å². The molecule has 0 saturated heterocycles. The van der Waals surface area contributed by atoms with Crippen molar-refractivity contribution in [3.63, 3.8) is 0 Å². The monoisotopic (exact) mass is 201 g/mol. The second-order valence-electron chi connectivity index (χ2n) is 1.44. The third-order valence-electron chi connectivity index (χ3n) is 0.729. The van der Waals surface area contributed by atoms with Crippen molar-refractivity contribution < 1.29 is 26.4 Å². The Morgan fingerprint density at radius 3 is 2.27 bits per heavy atom. The van der Waals surface area contributed by atoms with Gasteiger partial charge >= 0.3 is 6.47 Å². The average molecular weight is 201 g/mol. The molecule has 11 heavy (non-hydrogen) atoms. The fourth-order valence-electron chi connectivity index (χ4n) is 0.263. The lowest BCUT2D eigenvalue weighted by atomic mass is 10.9. The van der Waals surface area contributed by atoms with Crippen LogP contribution in [-0.4, -0.2) is 35.7 Å². The van der Waals surface area contributed by atoms with E-state index in [9.17, 15) is 21.6 Å². The number of hydrogen-bond donors (Lipinski definition) is 1. The van der Waals surface area contributed by atoms with E-state index < -0.39 is 31.0 Å². The van der Waals surface area contributed by atoms with E-state index in [4.69, 9.17) is 0 Å². The molecule has 0 unspecified atom stereocenters. The fourth-order valence-corrected chi connectivity index (χ4v) is 1.38. The lowest BCUT2D eigenvalue weighted by molar-refractivity contribution is 0.297. The number of ether oxygens (including phenoxy) is 1. The number of carbonyl (C=O) groups excluding carboxylic acids is 1. The molecule has 0 aliphatic rings. The van der Waals surface area contributed by atoms with Gasteiger partial charge in [0.1, 0.15) is 6.61 Å². The molecule has 0 amide bonds. The molecule has 1 radical (unpaired) electrons. The summed E-state index contributed by atoms with van der Waals surface area (Å²) >= 11 is 0. The van der Waals surface area contributed by atoms with Gasteiger partial charge in [0, 0.05) is 0 Å². The predicted molar refractivity (Wildman–Crippen MR) is 35.7 cm³/mol. The highest BCUT2D eigenvalue weighted by molar-refractivity contribution is 8.59. The summed E-state index contributed by atoms with van der Waals surface area (Å²) in [5.41, 5.74) is 0. The van der Waals surface area contributed by atoms with Gasteiger partial charge < -0.3 is 4.74 Å². The van der Waals surface area contributed by atoms with E-state index in [2.05, 4.69) is 4.74 Å². The number of rotatable bonds is 5. The molecule has 0 spiro atoms. The third kappa shape index (κ3) is 3.94. The summed E-state index contributed by atoms with van der Waals surface area (Å²) in [5.74, 6) is -0.721. The Morgan fingerprint density at radius 1 is 1.36 bits per heavy atom. The first-order valence-electron chi connectivity index (χ1n) is 2.37. The molecular formula is C3H5O6S2. The molecule has 0 fully saturated rings. The summed E-state index contributed by atoms with van der Waals surface area (Å²) in [4.78, 5) is 9.37. The van der Waals surface area contributed by atoms with Gasteiger partial charge in [-0.1, -0.05) is 0 Å². The fraction of sp³-hybridized carbons (Fsp3) is 0.667. The second-order valence-corrected chi connectivity index (χ2v) is 6.02. The number of hydrogen-bond acceptors (Lipinski definition) is 6. The first-order chi connectivity index (χ1) is 5.00. The lowest BCUT2D eigenvalue weighted by Gasteiger charge is -1.92. The lowest BCUT2D eigenvalue weighted by Crippen LogP contribution is -2.12. The average Bonchev–Trinajstić information content (AvgIpc) is 1.88. The van der Waals surface area contributed by atoms with Crippen molar-refractivity contribution in [1.82, 2.24) is 0 Å². The minimum absolute atomic E-state index is 0.491. The van der Waals surface area contributed by atoms with Crippen LogP contribution in [0.1, 0.15) is 0 Å². The minimum Gasteiger partial charge on any atom is -0.456 e. The second kappa shape index (κ2) is 4.29. The Balaban J connectivity index is 4.05. The molecule has 0 aliphatic heterocycles. The molecule has 0 N–H and O–H groups in total. The Morgan fingerprint density at radius 2 is 1.91 bits per heavy atom. The van der Waals surface area contributed by atoms with Crippen LogP contribution in [0.4, 0.5) is 0 Å². The molecule has 65 valence electrons. The number of thiol groups is 1. The molecule has 0 aliphatic carbocycles. The Labute approximate surface area is 64.4 Å². The van der Waals surface area contributed by atoms with Crippen LogP contribution < -0.4 is 0 Å². The van der Waals surface area contributed by atoms with Crippen molar-refractivity contribution in [3.8, 4) is 0 Å². The van der Waals surface area contributed by atoms with Gasteiger partial charge in [0.2, 0.25) is 9.74 Å². The van der Waals surface area contributed by atoms with Crippen LogP contribution in [0, 0.1) is 0 Å². The van der Waals surface area contributed by atoms with Gasteiger partial charge in [0.25, 0.3) is 8.87 Å². The van der Waals surface area contributed by atoms with E-state index >= 15 is 0 Å². The molecule has 0 rings (SSSR count). The van der Waals surface area contributed by atoms with E-state index in [0.29, 0.717) is 0 Å². The summed E-state index contributed by atoms with van der Waals surface area (Å²) in [7, 11) is -7.62. The predicted octanol–water partition coefficient (Wildman–Crippen LogP) is -1.99. The topological polar surface area (TPSA) is 94.6 Å². The van der Waals surface area contributed by atoms with Crippen molar-refractivity contribution in [1.29, 1.82) is 0 Å². The molecule has 0 heterocycles. The molecule has 0 saturated carbocycles. The van der Waals surface area contributed by atoms with E-state index in [1.807, 2.05) is 0 Å². The van der Waals surface area contributed by atoms with Crippen LogP contribution in [-0.2, 0) is 28.1 Å². The van der Waals surface area contributed by atoms with Gasteiger partial charge in [-0.2, -0.15) is 0 Å². The van der Waals surface area contributed by atoms with Crippen molar-refractivity contribution in [2.75, 3.05) is 12.4 Å². The van der Waals surface area contributed by atoms with Gasteiger partial charge in [0.15, 0.2) is 0 Å². The van der Waals surface area contributed by atoms with Crippen LogP contribution in [0.3, 0.4) is 0 Å². The molecule has 0 bridgehead atoms. The van der Waals surface area contributed by atoms with Crippen LogP contribution >= 0.6 is 0 Å². The maximum atomic E-state index is 10.4. The minimum atomic E-state index is -4.12. The highest BCUT2D eigenvalue weighted by atomic mass is 33.1. The summed E-state index contributed by atoms with van der Waals surface area (Å²) in [6.45, 7) is 0.477. The van der Waals surface area contributed by atoms with Gasteiger partial charge in [-0.3, -0.25) is 0 Å². The molecule has 0 aromatic heterocycles. The molecule has 6 nitrogen and oxygen atoms in total. The highest BCUT2D eigenvalue weighted by Crippen LogP contribution is 1.89. The van der Waals surface area contributed by atoms with Crippen LogP contribution in [0.5, 0.6) is 0 Å². The zero-order valence-electron chi connectivity index (χ0n) is 5.22. The zero-order valence-corrected chi connectivity index (χ0v) is 6.93. The standard InChI is InChI=1S/C3H5O6S2/c4-3-9-1-2-11(7,8)10(5)6/h10H,1-2H2. The quantitative estimate of drug-likeness (QED) is 0.314. The van der Waals surface area contributed by atoms with Crippen molar-refractivity contribution in [2.24, 2.45) is 0 Å². The van der Waals surface area contributed by atoms with Crippen LogP contribution in [0.15, 0.2) is 0 Å². The Bertz CT molecular complexity index is 277. The maximum Gasteiger partial charge on any atom is 0.417 e. The van der Waals surface area contributed by atoms with Gasteiger partial charge in [0.05, 0.1) is 5.75 Å². The van der Waals surface area contributed by atoms with Crippen molar-refractivity contribution in [2.45, 2.75) is 0 Å². The van der Waals surface area contributed by atoms with E-state index in [1.54, 1.807) is 0 Å². The normalized spacial score (nSPS) is 11.4. The van der Waals surface area contributed by atoms with Crippen LogP contribution in [0.25, 0.3) is 0 Å². The van der Waals surface area contributed by atoms with Crippen LogP contribution in [0.2, 0.25) is 0 Å². The third-order valence-corrected chi connectivity index (χ3v) is 3.78. The largest absolute Gasteiger partial charge is 0.456 e. The summed E-state index contributed by atoms with van der Waals surface area (Å²) in [5, 5.41) is 0. The summed E-state index contributed by atoms with van der Waals surface area (Å²) in [6.07, 6.45) is 0. The van der Waals surface area contributed by atoms with Crippen molar-refractivity contribution >= 4 is 25.1 Å². The van der Waals surface area contributed by atoms with Gasteiger partial charge in [-0.25, -0.2) is 21.6 Å². The molecule has 0 aromatic carbocycles. The smallest absolute Gasteiger partial charge is 0.417 e. The Hall–Kier alpha value is -0.630. The molecule has 0 atom stereocenters. The maximum absolute atomic E-state index is 10.4. The van der Waals surface area contributed by atoms with Crippen molar-refractivity contribution in [3.05, 3.63) is 0 Å². The Kier molecular flexibility index (Phi) is 4.04. The highest BCUT2D eigenvalue weighted by Gasteiger charge is 2.12. The van der Waals surface area contributed by atoms with E-state index in [0.717, 1.165) is 6.47 Å². The summed E-state index contributed by atoms with van der Waals surface area (Å²) < 4.78 is 44.5. The van der Waals surface area contributed by atoms with Gasteiger partial charge in [-0.15, -0.1) is 0 Å². The van der Waals surface area contributed by atoms with E-state index in [-0.39, 0.29) is 0 Å².